The van der Waals surface area contributed by atoms with Gasteiger partial charge in [-0.1, -0.05) is 5.16 Å². The van der Waals surface area contributed by atoms with Crippen molar-refractivity contribution in [1.82, 2.24) is 15.0 Å². The maximum Gasteiger partial charge on any atom is 0.229 e. The van der Waals surface area contributed by atoms with Crippen LogP contribution in [0.4, 0.5) is 0 Å². The van der Waals surface area contributed by atoms with Crippen LogP contribution >= 0.6 is 0 Å². The summed E-state index contributed by atoms with van der Waals surface area (Å²) >= 11 is 0. The Morgan fingerprint density at radius 1 is 1.41 bits per heavy atom. The molecule has 0 radical (unpaired) electrons. The Kier molecular flexibility index (Phi) is 2.67. The van der Waals surface area contributed by atoms with Crippen LogP contribution in [0.1, 0.15) is 50.2 Å². The van der Waals surface area contributed by atoms with Gasteiger partial charge in [-0.25, -0.2) is 0 Å². The van der Waals surface area contributed by atoms with Crippen molar-refractivity contribution in [2.75, 3.05) is 13.1 Å². The molecule has 0 bridgehead atoms. The van der Waals surface area contributed by atoms with Gasteiger partial charge in [0.05, 0.1) is 12.1 Å². The highest BCUT2D eigenvalue weighted by Crippen LogP contribution is 2.38. The van der Waals surface area contributed by atoms with Gasteiger partial charge in [0.1, 0.15) is 0 Å². The minimum atomic E-state index is -0.493. The van der Waals surface area contributed by atoms with E-state index in [9.17, 15) is 5.11 Å². The molecule has 5 nitrogen and oxygen atoms in total. The van der Waals surface area contributed by atoms with E-state index in [0.29, 0.717) is 5.92 Å². The lowest BCUT2D eigenvalue weighted by Gasteiger charge is -2.35. The third-order valence-corrected chi connectivity index (χ3v) is 3.71. The van der Waals surface area contributed by atoms with Gasteiger partial charge in [-0.05, 0) is 32.6 Å². The summed E-state index contributed by atoms with van der Waals surface area (Å²) in [5, 5.41) is 13.9. The van der Waals surface area contributed by atoms with Gasteiger partial charge in [-0.15, -0.1) is 0 Å². The van der Waals surface area contributed by atoms with Crippen molar-refractivity contribution in [2.24, 2.45) is 0 Å². The first kappa shape index (κ1) is 11.2. The molecule has 1 aromatic heterocycles. The Bertz CT molecular complexity index is 388. The molecule has 3 rings (SSSR count). The molecule has 1 saturated carbocycles. The number of nitrogens with zero attached hydrogens (tertiary/aromatic N) is 3. The highest BCUT2D eigenvalue weighted by atomic mass is 16.5. The summed E-state index contributed by atoms with van der Waals surface area (Å²) in [4.78, 5) is 6.70. The van der Waals surface area contributed by atoms with Crippen molar-refractivity contribution < 1.29 is 9.63 Å². The number of piperidine rings is 1. The zero-order valence-corrected chi connectivity index (χ0v) is 10.2. The molecule has 94 valence electrons. The fraction of sp³-hybridized carbons (Fsp3) is 0.833. The lowest BCUT2D eigenvalue weighted by molar-refractivity contribution is -0.00799. The third kappa shape index (κ3) is 2.66. The molecule has 2 heterocycles. The van der Waals surface area contributed by atoms with Crippen molar-refractivity contribution in [3.8, 4) is 0 Å². The molecular weight excluding hydrogens is 218 g/mol. The molecule has 1 aromatic rings. The Morgan fingerprint density at radius 3 is 2.76 bits per heavy atom. The van der Waals surface area contributed by atoms with Gasteiger partial charge in [-0.3, -0.25) is 4.90 Å². The van der Waals surface area contributed by atoms with E-state index in [0.717, 1.165) is 44.2 Å². The standard InChI is InChI=1S/C12H19N3O2/c1-12(16)4-6-15(7-5-12)8-10-13-11(17-14-10)9-2-3-9/h9,16H,2-8H2,1H3. The fourth-order valence-electron chi connectivity index (χ4n) is 2.22. The van der Waals surface area contributed by atoms with E-state index >= 15 is 0 Å². The highest BCUT2D eigenvalue weighted by molar-refractivity contribution is 5.01. The van der Waals surface area contributed by atoms with E-state index < -0.39 is 5.60 Å². The molecule has 17 heavy (non-hydrogen) atoms. The second kappa shape index (κ2) is 4.07. The smallest absolute Gasteiger partial charge is 0.229 e. The summed E-state index contributed by atoms with van der Waals surface area (Å²) in [6.07, 6.45) is 4.02. The normalized spacial score (nSPS) is 25.1. The van der Waals surface area contributed by atoms with Crippen molar-refractivity contribution in [3.05, 3.63) is 11.7 Å². The molecule has 2 fully saturated rings. The average molecular weight is 237 g/mol. The molecule has 2 aliphatic rings. The molecule has 1 aliphatic heterocycles. The Hall–Kier alpha value is -0.940. The largest absolute Gasteiger partial charge is 0.390 e. The first-order chi connectivity index (χ1) is 8.12. The second-order valence-corrected chi connectivity index (χ2v) is 5.60. The Morgan fingerprint density at radius 2 is 2.12 bits per heavy atom. The lowest BCUT2D eigenvalue weighted by Crippen LogP contribution is -2.42. The Labute approximate surface area is 101 Å². The zero-order valence-electron chi connectivity index (χ0n) is 10.2. The maximum atomic E-state index is 9.87. The van der Waals surface area contributed by atoms with E-state index in [1.54, 1.807) is 0 Å². The van der Waals surface area contributed by atoms with Crippen LogP contribution in [0.3, 0.4) is 0 Å². The molecule has 5 heteroatoms. The third-order valence-electron chi connectivity index (χ3n) is 3.71. The number of rotatable bonds is 3. The van der Waals surface area contributed by atoms with E-state index in [2.05, 4.69) is 15.0 Å². The van der Waals surface area contributed by atoms with Crippen LogP contribution in [0.25, 0.3) is 0 Å². The van der Waals surface area contributed by atoms with E-state index in [4.69, 9.17) is 4.52 Å². The van der Waals surface area contributed by atoms with Gasteiger partial charge in [-0.2, -0.15) is 4.98 Å². The Balaban J connectivity index is 1.55. The van der Waals surface area contributed by atoms with Gasteiger partial charge >= 0.3 is 0 Å². The van der Waals surface area contributed by atoms with E-state index in [1.165, 1.54) is 12.8 Å². The van der Waals surface area contributed by atoms with E-state index in [-0.39, 0.29) is 0 Å². The lowest BCUT2D eigenvalue weighted by atomic mass is 9.94. The van der Waals surface area contributed by atoms with Crippen LogP contribution in [0.2, 0.25) is 0 Å². The zero-order chi connectivity index (χ0) is 11.9. The van der Waals surface area contributed by atoms with E-state index in [1.807, 2.05) is 6.92 Å². The molecule has 0 unspecified atom stereocenters. The fourth-order valence-corrected chi connectivity index (χ4v) is 2.22. The number of hydrogen-bond acceptors (Lipinski definition) is 5. The summed E-state index contributed by atoms with van der Waals surface area (Å²) in [6.45, 7) is 4.46. The highest BCUT2D eigenvalue weighted by Gasteiger charge is 2.31. The van der Waals surface area contributed by atoms with Crippen LogP contribution in [-0.4, -0.2) is 38.8 Å². The number of aliphatic hydroxyl groups is 1. The van der Waals surface area contributed by atoms with Crippen molar-refractivity contribution >= 4 is 0 Å². The molecule has 0 amide bonds. The quantitative estimate of drug-likeness (QED) is 0.858. The maximum absolute atomic E-state index is 9.87. The SMILES string of the molecule is CC1(O)CCN(Cc2noc(C3CC3)n2)CC1. The molecule has 1 N–H and O–H groups in total. The summed E-state index contributed by atoms with van der Waals surface area (Å²) in [7, 11) is 0. The molecule has 1 aliphatic carbocycles. The number of hydrogen-bond donors (Lipinski definition) is 1. The molecule has 0 aromatic carbocycles. The predicted octanol–water partition coefficient (Wildman–Crippen LogP) is 1.29. The molecule has 0 atom stereocenters. The molecule has 0 spiro atoms. The van der Waals surface area contributed by atoms with Crippen molar-refractivity contribution in [1.29, 1.82) is 0 Å². The topological polar surface area (TPSA) is 62.4 Å². The monoisotopic (exact) mass is 237 g/mol. The molecule has 1 saturated heterocycles. The van der Waals surface area contributed by atoms with Gasteiger partial charge in [0.15, 0.2) is 5.82 Å². The average Bonchev–Trinajstić information content (AvgIpc) is 3.03. The van der Waals surface area contributed by atoms with Crippen LogP contribution in [0, 0.1) is 0 Å². The minimum Gasteiger partial charge on any atom is -0.390 e. The summed E-state index contributed by atoms with van der Waals surface area (Å²) in [6, 6.07) is 0. The summed E-state index contributed by atoms with van der Waals surface area (Å²) in [5.41, 5.74) is -0.493. The minimum absolute atomic E-state index is 0.493. The number of likely N-dealkylation sites (tertiary alicyclic amines) is 1. The van der Waals surface area contributed by atoms with Crippen LogP contribution in [0.5, 0.6) is 0 Å². The first-order valence-corrected chi connectivity index (χ1v) is 6.40. The number of aromatic nitrogens is 2. The molecular formula is C12H19N3O2. The first-order valence-electron chi connectivity index (χ1n) is 6.40. The van der Waals surface area contributed by atoms with Crippen molar-refractivity contribution in [2.45, 2.75) is 50.7 Å². The summed E-state index contributed by atoms with van der Waals surface area (Å²) in [5.74, 6) is 2.12. The second-order valence-electron chi connectivity index (χ2n) is 5.60. The van der Waals surface area contributed by atoms with Crippen LogP contribution in [0.15, 0.2) is 4.52 Å². The van der Waals surface area contributed by atoms with Crippen molar-refractivity contribution in [3.63, 3.8) is 0 Å². The summed E-state index contributed by atoms with van der Waals surface area (Å²) < 4.78 is 5.23. The van der Waals surface area contributed by atoms with Crippen LogP contribution < -0.4 is 0 Å². The van der Waals surface area contributed by atoms with Gasteiger partial charge in [0.2, 0.25) is 5.89 Å². The van der Waals surface area contributed by atoms with Gasteiger partial charge in [0, 0.05) is 19.0 Å². The van der Waals surface area contributed by atoms with Gasteiger partial charge in [0.25, 0.3) is 0 Å². The van der Waals surface area contributed by atoms with Gasteiger partial charge < -0.3 is 9.63 Å². The van der Waals surface area contributed by atoms with Crippen LogP contribution in [-0.2, 0) is 6.54 Å². The predicted molar refractivity (Wildman–Crippen MR) is 61.4 cm³/mol.